The van der Waals surface area contributed by atoms with Crippen LogP contribution < -0.4 is 14.8 Å². The Morgan fingerprint density at radius 3 is 2.69 bits per heavy atom. The first-order chi connectivity index (χ1) is 15.4. The molecule has 1 heterocycles. The summed E-state index contributed by atoms with van der Waals surface area (Å²) < 4.78 is 37.9. The van der Waals surface area contributed by atoms with Gasteiger partial charge in [-0.1, -0.05) is 18.2 Å². The monoisotopic (exact) mass is 454 g/mol. The van der Waals surface area contributed by atoms with Gasteiger partial charge >= 0.3 is 0 Å². The maximum Gasteiger partial charge on any atom is 0.262 e. The van der Waals surface area contributed by atoms with Gasteiger partial charge < -0.3 is 14.5 Å². The summed E-state index contributed by atoms with van der Waals surface area (Å²) in [5.41, 5.74) is 3.30. The molecule has 3 aromatic rings. The molecule has 168 valence electrons. The number of hydrogen-bond acceptors (Lipinski definition) is 5. The molecule has 0 aliphatic heterocycles. The standard InChI is InChI=1S/C24H26N2O5S/c1-2-13-25-32(28,29)16-17-7-9-18(10-8-17)26-24(27)15-30-19-11-12-23-21(14-19)20-5-3-4-6-22(20)31-23/h2,7-12,14,25H,1,3-6,13,15-16H2,(H,26,27). The van der Waals surface area contributed by atoms with Gasteiger partial charge in [-0.05, 0) is 55.2 Å². The molecule has 0 unspecified atom stereocenters. The Labute approximate surface area is 187 Å². The molecular weight excluding hydrogens is 428 g/mol. The van der Waals surface area contributed by atoms with Crippen molar-refractivity contribution in [1.82, 2.24) is 4.72 Å². The summed E-state index contributed by atoms with van der Waals surface area (Å²) in [5.74, 6) is 1.24. The van der Waals surface area contributed by atoms with E-state index < -0.39 is 10.0 Å². The second kappa shape index (κ2) is 9.58. The number of hydrogen-bond donors (Lipinski definition) is 2. The van der Waals surface area contributed by atoms with Crippen molar-refractivity contribution in [2.75, 3.05) is 18.5 Å². The lowest BCUT2D eigenvalue weighted by molar-refractivity contribution is -0.118. The van der Waals surface area contributed by atoms with Crippen molar-refractivity contribution in [2.24, 2.45) is 0 Å². The van der Waals surface area contributed by atoms with Crippen LogP contribution in [0.15, 0.2) is 59.5 Å². The van der Waals surface area contributed by atoms with Gasteiger partial charge in [-0.2, -0.15) is 0 Å². The Kier molecular flexibility index (Phi) is 6.62. The normalized spacial score (nSPS) is 13.5. The van der Waals surface area contributed by atoms with Crippen molar-refractivity contribution in [3.63, 3.8) is 0 Å². The molecule has 1 amide bonds. The van der Waals surface area contributed by atoms with E-state index in [9.17, 15) is 13.2 Å². The number of carbonyl (C=O) groups is 1. The maximum absolute atomic E-state index is 12.3. The molecule has 0 saturated carbocycles. The molecule has 2 N–H and O–H groups in total. The van der Waals surface area contributed by atoms with Gasteiger partial charge in [-0.25, -0.2) is 13.1 Å². The second-order valence-corrected chi connectivity index (χ2v) is 9.61. The highest BCUT2D eigenvalue weighted by atomic mass is 32.2. The minimum Gasteiger partial charge on any atom is -0.484 e. The summed E-state index contributed by atoms with van der Waals surface area (Å²) in [6, 6.07) is 12.3. The molecule has 0 bridgehead atoms. The van der Waals surface area contributed by atoms with Gasteiger partial charge in [0.2, 0.25) is 10.0 Å². The van der Waals surface area contributed by atoms with E-state index in [2.05, 4.69) is 16.6 Å². The Morgan fingerprint density at radius 1 is 1.12 bits per heavy atom. The van der Waals surface area contributed by atoms with E-state index in [-0.39, 0.29) is 24.8 Å². The van der Waals surface area contributed by atoms with E-state index in [1.54, 1.807) is 30.3 Å². The number of ether oxygens (including phenoxy) is 1. The number of anilines is 1. The van der Waals surface area contributed by atoms with Crippen LogP contribution in [0.25, 0.3) is 11.0 Å². The number of benzene rings is 2. The molecule has 7 nitrogen and oxygen atoms in total. The molecule has 1 aliphatic carbocycles. The van der Waals surface area contributed by atoms with Crippen molar-refractivity contribution in [3.05, 3.63) is 72.0 Å². The van der Waals surface area contributed by atoms with E-state index in [1.165, 1.54) is 11.6 Å². The molecule has 2 aromatic carbocycles. The van der Waals surface area contributed by atoms with Crippen molar-refractivity contribution >= 4 is 32.6 Å². The van der Waals surface area contributed by atoms with Crippen molar-refractivity contribution < 1.29 is 22.4 Å². The fraction of sp³-hybridized carbons (Fsp3) is 0.292. The van der Waals surface area contributed by atoms with Crippen LogP contribution in [0.4, 0.5) is 5.69 Å². The first kappa shape index (κ1) is 22.1. The minimum atomic E-state index is -3.42. The molecular formula is C24H26N2O5S. The molecule has 32 heavy (non-hydrogen) atoms. The highest BCUT2D eigenvalue weighted by Gasteiger charge is 2.18. The minimum absolute atomic E-state index is 0.132. The first-order valence-electron chi connectivity index (χ1n) is 10.6. The van der Waals surface area contributed by atoms with Gasteiger partial charge in [0, 0.05) is 29.6 Å². The second-order valence-electron chi connectivity index (χ2n) is 7.80. The smallest absolute Gasteiger partial charge is 0.262 e. The molecule has 0 spiro atoms. The number of amides is 1. The zero-order valence-corrected chi connectivity index (χ0v) is 18.5. The number of carbonyl (C=O) groups excluding carboxylic acids is 1. The molecule has 0 radical (unpaired) electrons. The fourth-order valence-corrected chi connectivity index (χ4v) is 4.92. The molecule has 4 rings (SSSR count). The number of nitrogens with one attached hydrogen (secondary N) is 2. The van der Waals surface area contributed by atoms with E-state index in [0.29, 0.717) is 17.0 Å². The Balaban J connectivity index is 1.32. The van der Waals surface area contributed by atoms with Crippen LogP contribution in [0.1, 0.15) is 29.7 Å². The van der Waals surface area contributed by atoms with Crippen LogP contribution in [-0.4, -0.2) is 27.5 Å². The van der Waals surface area contributed by atoms with Crippen LogP contribution in [0.2, 0.25) is 0 Å². The number of fused-ring (bicyclic) bond motifs is 3. The van der Waals surface area contributed by atoms with E-state index in [1.807, 2.05) is 12.1 Å². The van der Waals surface area contributed by atoms with Crippen LogP contribution in [0, 0.1) is 0 Å². The van der Waals surface area contributed by atoms with Crippen molar-refractivity contribution in [1.29, 1.82) is 0 Å². The number of furan rings is 1. The van der Waals surface area contributed by atoms with Crippen LogP contribution >= 0.6 is 0 Å². The SMILES string of the molecule is C=CCNS(=O)(=O)Cc1ccc(NC(=O)COc2ccc3oc4c(c3c2)CCCC4)cc1. The summed E-state index contributed by atoms with van der Waals surface area (Å²) in [7, 11) is -3.42. The van der Waals surface area contributed by atoms with Gasteiger partial charge in [-0.15, -0.1) is 6.58 Å². The number of sulfonamides is 1. The zero-order chi connectivity index (χ0) is 22.6. The highest BCUT2D eigenvalue weighted by molar-refractivity contribution is 7.88. The van der Waals surface area contributed by atoms with Gasteiger partial charge in [-0.3, -0.25) is 4.79 Å². The quantitative estimate of drug-likeness (QED) is 0.478. The predicted molar refractivity (Wildman–Crippen MR) is 124 cm³/mol. The summed E-state index contributed by atoms with van der Waals surface area (Å²) in [6.45, 7) is 3.55. The third kappa shape index (κ3) is 5.38. The third-order valence-electron chi connectivity index (χ3n) is 5.34. The third-order valence-corrected chi connectivity index (χ3v) is 6.66. The fourth-order valence-electron chi connectivity index (χ4n) is 3.82. The summed E-state index contributed by atoms with van der Waals surface area (Å²) >= 11 is 0. The summed E-state index contributed by atoms with van der Waals surface area (Å²) in [5, 5.41) is 3.82. The summed E-state index contributed by atoms with van der Waals surface area (Å²) in [6.07, 6.45) is 5.77. The van der Waals surface area contributed by atoms with Crippen molar-refractivity contribution in [3.8, 4) is 5.75 Å². The van der Waals surface area contributed by atoms with Crippen LogP contribution in [0.5, 0.6) is 5.75 Å². The zero-order valence-electron chi connectivity index (χ0n) is 17.7. The largest absolute Gasteiger partial charge is 0.484 e. The molecule has 1 aliphatic rings. The van der Waals surface area contributed by atoms with Crippen molar-refractivity contribution in [2.45, 2.75) is 31.4 Å². The average molecular weight is 455 g/mol. The molecule has 1 aromatic heterocycles. The predicted octanol–water partition coefficient (Wildman–Crippen LogP) is 3.93. The van der Waals surface area contributed by atoms with Gasteiger partial charge in [0.05, 0.1) is 5.75 Å². The van der Waals surface area contributed by atoms with E-state index in [4.69, 9.17) is 9.15 Å². The lowest BCUT2D eigenvalue weighted by Gasteiger charge is -2.10. The lowest BCUT2D eigenvalue weighted by atomic mass is 9.96. The van der Waals surface area contributed by atoms with Crippen LogP contribution in [-0.2, 0) is 33.4 Å². The van der Waals surface area contributed by atoms with Gasteiger partial charge in [0.15, 0.2) is 6.61 Å². The lowest BCUT2D eigenvalue weighted by Crippen LogP contribution is -2.25. The topological polar surface area (TPSA) is 97.6 Å². The molecule has 0 fully saturated rings. The average Bonchev–Trinajstić information content (AvgIpc) is 3.15. The maximum atomic E-state index is 12.3. The summed E-state index contributed by atoms with van der Waals surface area (Å²) in [4.78, 5) is 12.3. The molecule has 0 atom stereocenters. The number of aryl methyl sites for hydroxylation is 2. The number of rotatable bonds is 9. The Morgan fingerprint density at radius 2 is 1.91 bits per heavy atom. The molecule has 0 saturated heterocycles. The first-order valence-corrected chi connectivity index (χ1v) is 12.2. The van der Waals surface area contributed by atoms with Gasteiger partial charge in [0.1, 0.15) is 17.1 Å². The highest BCUT2D eigenvalue weighted by Crippen LogP contribution is 2.33. The van der Waals surface area contributed by atoms with E-state index in [0.717, 1.165) is 42.4 Å². The van der Waals surface area contributed by atoms with Crippen LogP contribution in [0.3, 0.4) is 0 Å². The van der Waals surface area contributed by atoms with Gasteiger partial charge in [0.25, 0.3) is 5.91 Å². The van der Waals surface area contributed by atoms with E-state index >= 15 is 0 Å². The molecule has 8 heteroatoms. The Hall–Kier alpha value is -3.10. The Bertz CT molecular complexity index is 1230.